The molecule has 158 valence electrons. The summed E-state index contributed by atoms with van der Waals surface area (Å²) in [6.07, 6.45) is 6.58. The number of rotatable bonds is 6. The van der Waals surface area contributed by atoms with Crippen molar-refractivity contribution < 1.29 is 19.1 Å². The zero-order chi connectivity index (χ0) is 21.5. The van der Waals surface area contributed by atoms with Gasteiger partial charge in [-0.1, -0.05) is 42.0 Å². The van der Waals surface area contributed by atoms with Gasteiger partial charge in [0.2, 0.25) is 0 Å². The number of benzene rings is 2. The summed E-state index contributed by atoms with van der Waals surface area (Å²) in [7, 11) is 1.58. The van der Waals surface area contributed by atoms with Crippen molar-refractivity contribution in [1.82, 2.24) is 5.01 Å². The number of ether oxygens (including phenoxy) is 2. The van der Waals surface area contributed by atoms with Crippen LogP contribution in [0.5, 0.6) is 11.5 Å². The second-order valence-corrected chi connectivity index (χ2v) is 8.42. The second kappa shape index (κ2) is 7.69. The summed E-state index contributed by atoms with van der Waals surface area (Å²) in [6.45, 7) is 2.48. The van der Waals surface area contributed by atoms with Crippen LogP contribution in [0.25, 0.3) is 0 Å². The van der Waals surface area contributed by atoms with Crippen LogP contribution in [0.2, 0.25) is 0 Å². The van der Waals surface area contributed by atoms with Gasteiger partial charge in [-0.15, -0.1) is 0 Å². The van der Waals surface area contributed by atoms with E-state index in [2.05, 4.69) is 23.3 Å². The Labute approximate surface area is 181 Å². The van der Waals surface area contributed by atoms with E-state index in [0.29, 0.717) is 18.1 Å². The Bertz CT molecular complexity index is 1080. The summed E-state index contributed by atoms with van der Waals surface area (Å²) >= 11 is 0. The van der Waals surface area contributed by atoms with E-state index in [9.17, 15) is 9.59 Å². The number of hydrazone groups is 1. The lowest BCUT2D eigenvalue weighted by Gasteiger charge is -2.13. The number of carbonyl (C=O) groups excluding carboxylic acids is 2. The molecular weight excluding hydrogens is 392 g/mol. The number of aryl methyl sites for hydroxylation is 1. The number of carbonyl (C=O) groups is 2. The highest BCUT2D eigenvalue weighted by Gasteiger charge is 2.59. The van der Waals surface area contributed by atoms with Gasteiger partial charge >= 0.3 is 0 Å². The molecule has 6 nitrogen and oxygen atoms in total. The van der Waals surface area contributed by atoms with Gasteiger partial charge in [0.25, 0.3) is 11.8 Å². The van der Waals surface area contributed by atoms with E-state index in [1.807, 2.05) is 37.3 Å². The molecule has 0 aromatic heterocycles. The van der Waals surface area contributed by atoms with Crippen molar-refractivity contribution in [3.8, 4) is 11.5 Å². The van der Waals surface area contributed by atoms with E-state index in [1.54, 1.807) is 13.2 Å². The fourth-order valence-electron chi connectivity index (χ4n) is 4.97. The quantitative estimate of drug-likeness (QED) is 0.409. The first-order chi connectivity index (χ1) is 15.0. The molecule has 1 saturated heterocycles. The first kappa shape index (κ1) is 19.5. The zero-order valence-electron chi connectivity index (χ0n) is 17.5. The van der Waals surface area contributed by atoms with Crippen LogP contribution in [-0.2, 0) is 16.2 Å². The number of hydrogen-bond donors (Lipinski definition) is 0. The average Bonchev–Trinajstić information content (AvgIpc) is 3.45. The molecule has 0 spiro atoms. The third kappa shape index (κ3) is 3.42. The summed E-state index contributed by atoms with van der Waals surface area (Å²) < 4.78 is 11.4. The van der Waals surface area contributed by atoms with Crippen LogP contribution in [0, 0.1) is 30.6 Å². The molecule has 0 N–H and O–H groups in total. The van der Waals surface area contributed by atoms with Gasteiger partial charge in [0, 0.05) is 0 Å². The molecule has 2 fully saturated rings. The van der Waals surface area contributed by atoms with E-state index >= 15 is 0 Å². The molecule has 2 aromatic carbocycles. The molecule has 2 amide bonds. The number of imide groups is 1. The van der Waals surface area contributed by atoms with Crippen molar-refractivity contribution in [3.05, 3.63) is 71.3 Å². The van der Waals surface area contributed by atoms with E-state index in [4.69, 9.17) is 9.47 Å². The second-order valence-electron chi connectivity index (χ2n) is 8.42. The molecule has 0 unspecified atom stereocenters. The maximum absolute atomic E-state index is 12.7. The molecule has 6 heteroatoms. The highest BCUT2D eigenvalue weighted by atomic mass is 16.5. The van der Waals surface area contributed by atoms with Gasteiger partial charge in [-0.05, 0) is 54.5 Å². The highest BCUT2D eigenvalue weighted by molar-refractivity contribution is 6.06. The van der Waals surface area contributed by atoms with Gasteiger partial charge in [-0.2, -0.15) is 10.1 Å². The Kier molecular flexibility index (Phi) is 4.85. The fourth-order valence-corrected chi connectivity index (χ4v) is 4.97. The van der Waals surface area contributed by atoms with Crippen molar-refractivity contribution in [2.24, 2.45) is 28.8 Å². The summed E-state index contributed by atoms with van der Waals surface area (Å²) in [5.74, 6) is 0.675. The van der Waals surface area contributed by atoms with E-state index in [-0.39, 0.29) is 35.5 Å². The van der Waals surface area contributed by atoms with Crippen LogP contribution >= 0.6 is 0 Å². The molecule has 1 saturated carbocycles. The Balaban J connectivity index is 1.29. The molecule has 0 radical (unpaired) electrons. The molecule has 4 atom stereocenters. The largest absolute Gasteiger partial charge is 0.493 e. The number of nitrogens with zero attached hydrogens (tertiary/aromatic N) is 2. The monoisotopic (exact) mass is 416 g/mol. The van der Waals surface area contributed by atoms with Gasteiger partial charge < -0.3 is 9.47 Å². The SMILES string of the molecule is COc1cc(C=NN2C(=O)[C@@H]3[C@H](C2=O)[C@H]2C=C[C@H]3C2)ccc1OCc1cccc(C)c1. The minimum absolute atomic E-state index is 0.177. The lowest BCUT2D eigenvalue weighted by molar-refractivity contribution is -0.140. The molecule has 1 heterocycles. The summed E-state index contributed by atoms with van der Waals surface area (Å²) in [5.41, 5.74) is 2.98. The maximum Gasteiger partial charge on any atom is 0.254 e. The molecule has 3 aliphatic rings. The van der Waals surface area contributed by atoms with Crippen molar-refractivity contribution >= 4 is 18.0 Å². The number of fused-ring (bicyclic) bond motifs is 5. The van der Waals surface area contributed by atoms with Gasteiger partial charge in [0.15, 0.2) is 11.5 Å². The topological polar surface area (TPSA) is 68.2 Å². The lowest BCUT2D eigenvalue weighted by Crippen LogP contribution is -2.28. The molecular formula is C25H24N2O4. The predicted octanol–water partition coefficient (Wildman–Crippen LogP) is 3.72. The molecule has 2 aliphatic carbocycles. The van der Waals surface area contributed by atoms with Gasteiger partial charge in [-0.25, -0.2) is 0 Å². The number of allylic oxidation sites excluding steroid dienone is 2. The van der Waals surface area contributed by atoms with E-state index < -0.39 is 0 Å². The third-order valence-electron chi connectivity index (χ3n) is 6.43. The number of methoxy groups -OCH3 is 1. The molecule has 31 heavy (non-hydrogen) atoms. The van der Waals surface area contributed by atoms with Gasteiger partial charge in [0.1, 0.15) is 6.61 Å². The van der Waals surface area contributed by atoms with Crippen molar-refractivity contribution in [3.63, 3.8) is 0 Å². The van der Waals surface area contributed by atoms with Gasteiger partial charge in [0.05, 0.1) is 25.2 Å². The molecule has 2 bridgehead atoms. The van der Waals surface area contributed by atoms with Gasteiger partial charge in [-0.3, -0.25) is 9.59 Å². The fraction of sp³-hybridized carbons (Fsp3) is 0.320. The van der Waals surface area contributed by atoms with Crippen LogP contribution in [0.1, 0.15) is 23.1 Å². The normalized spacial score (nSPS) is 26.2. The smallest absolute Gasteiger partial charge is 0.254 e. The van der Waals surface area contributed by atoms with Crippen molar-refractivity contribution in [2.75, 3.05) is 7.11 Å². The summed E-state index contributed by atoms with van der Waals surface area (Å²) in [4.78, 5) is 25.5. The molecule has 2 aromatic rings. The van der Waals surface area contributed by atoms with Crippen molar-refractivity contribution in [2.45, 2.75) is 20.0 Å². The van der Waals surface area contributed by atoms with Crippen LogP contribution in [0.15, 0.2) is 59.7 Å². The van der Waals surface area contributed by atoms with Crippen molar-refractivity contribution in [1.29, 1.82) is 0 Å². The maximum atomic E-state index is 12.7. The Morgan fingerprint density at radius 2 is 1.77 bits per heavy atom. The first-order valence-electron chi connectivity index (χ1n) is 10.5. The summed E-state index contributed by atoms with van der Waals surface area (Å²) in [6, 6.07) is 13.6. The highest BCUT2D eigenvalue weighted by Crippen LogP contribution is 2.52. The van der Waals surface area contributed by atoms with Crippen LogP contribution < -0.4 is 9.47 Å². The average molecular weight is 416 g/mol. The van der Waals surface area contributed by atoms with Crippen LogP contribution in [0.4, 0.5) is 0 Å². The summed E-state index contributed by atoms with van der Waals surface area (Å²) in [5, 5.41) is 5.28. The standard InChI is InChI=1S/C25H24N2O4/c1-15-4-3-5-17(10-15)14-31-20-9-6-16(11-21(20)30-2)13-26-27-24(28)22-18-7-8-19(12-18)23(22)25(27)29/h3-11,13,18-19,22-23H,12,14H2,1-2H3/t18-,19-,22-,23+/m0/s1. The minimum atomic E-state index is -0.244. The predicted molar refractivity (Wildman–Crippen MR) is 116 cm³/mol. The number of amides is 2. The molecule has 5 rings (SSSR count). The Hall–Kier alpha value is -3.41. The van der Waals surface area contributed by atoms with Crippen LogP contribution in [-0.4, -0.2) is 30.1 Å². The lowest BCUT2D eigenvalue weighted by atomic mass is 9.85. The van der Waals surface area contributed by atoms with E-state index in [0.717, 1.165) is 22.6 Å². The van der Waals surface area contributed by atoms with E-state index in [1.165, 1.54) is 11.8 Å². The van der Waals surface area contributed by atoms with Crippen LogP contribution in [0.3, 0.4) is 0 Å². The Morgan fingerprint density at radius 1 is 1.03 bits per heavy atom. The number of hydrogen-bond acceptors (Lipinski definition) is 5. The first-order valence-corrected chi connectivity index (χ1v) is 10.5. The Morgan fingerprint density at radius 3 is 2.45 bits per heavy atom. The molecule has 1 aliphatic heterocycles. The third-order valence-corrected chi connectivity index (χ3v) is 6.43. The zero-order valence-corrected chi connectivity index (χ0v) is 17.5. The minimum Gasteiger partial charge on any atom is -0.493 e.